The Labute approximate surface area is 210 Å². The number of halogens is 4. The molecule has 3 nitrogen and oxygen atoms in total. The fourth-order valence-electron chi connectivity index (χ4n) is 3.27. The van der Waals surface area contributed by atoms with Gasteiger partial charge in [0, 0.05) is 27.5 Å². The Hall–Kier alpha value is -2.29. The second-order valence-electron chi connectivity index (χ2n) is 7.36. The molecule has 3 aromatic rings. The molecule has 0 bridgehead atoms. The number of carbonyl (C=O) groups is 1. The quantitative estimate of drug-likeness (QED) is 0.153. The van der Waals surface area contributed by atoms with Gasteiger partial charge in [0.25, 0.3) is 0 Å². The van der Waals surface area contributed by atoms with Crippen LogP contribution in [-0.4, -0.2) is 18.8 Å². The first-order chi connectivity index (χ1) is 16.3. The lowest BCUT2D eigenvalue weighted by atomic mass is 10.0. The van der Waals surface area contributed by atoms with Crippen LogP contribution in [0, 0.1) is 17.5 Å². The maximum atomic E-state index is 14.8. The molecule has 0 amide bonds. The molecule has 34 heavy (non-hydrogen) atoms. The first kappa shape index (κ1) is 26.3. The van der Waals surface area contributed by atoms with E-state index in [0.29, 0.717) is 22.1 Å². The van der Waals surface area contributed by atoms with Gasteiger partial charge in [0.05, 0.1) is 25.3 Å². The van der Waals surface area contributed by atoms with E-state index in [1.807, 2.05) is 6.92 Å². The Morgan fingerprint density at radius 3 is 2.41 bits per heavy atom. The largest absolute Gasteiger partial charge is 0.469 e. The van der Waals surface area contributed by atoms with Gasteiger partial charge in [0.2, 0.25) is 0 Å². The molecule has 9 heteroatoms. The van der Waals surface area contributed by atoms with Crippen molar-refractivity contribution in [2.24, 2.45) is 0 Å². The molecule has 1 atom stereocenters. The van der Waals surface area contributed by atoms with Crippen LogP contribution >= 0.6 is 35.3 Å². The highest BCUT2D eigenvalue weighted by atomic mass is 35.5. The summed E-state index contributed by atoms with van der Waals surface area (Å²) in [5.41, 5.74) is 1.54. The molecule has 0 saturated heterocycles. The second kappa shape index (κ2) is 12.4. The van der Waals surface area contributed by atoms with Crippen molar-refractivity contribution >= 4 is 47.0 Å². The molecule has 0 aliphatic heterocycles. The lowest BCUT2D eigenvalue weighted by Gasteiger charge is -2.32. The van der Waals surface area contributed by atoms with Crippen molar-refractivity contribution in [1.29, 1.82) is 0 Å². The molecule has 0 aromatic heterocycles. The molecule has 0 heterocycles. The smallest absolute Gasteiger partial charge is 0.306 e. The van der Waals surface area contributed by atoms with Crippen molar-refractivity contribution in [3.8, 4) is 0 Å². The van der Waals surface area contributed by atoms with Crippen molar-refractivity contribution < 1.29 is 22.7 Å². The van der Waals surface area contributed by atoms with Crippen LogP contribution in [0.4, 0.5) is 18.9 Å². The molecule has 0 aliphatic carbocycles. The second-order valence-corrected chi connectivity index (χ2v) is 9.95. The zero-order valence-electron chi connectivity index (χ0n) is 18.6. The van der Waals surface area contributed by atoms with E-state index < -0.39 is 23.5 Å². The third-order valence-corrected chi connectivity index (χ3v) is 7.46. The highest BCUT2D eigenvalue weighted by Crippen LogP contribution is 2.40. The molecule has 0 saturated carbocycles. The Morgan fingerprint density at radius 1 is 1.03 bits per heavy atom. The van der Waals surface area contributed by atoms with Gasteiger partial charge in [-0.25, -0.2) is 13.2 Å². The van der Waals surface area contributed by atoms with Gasteiger partial charge in [-0.3, -0.25) is 4.79 Å². The fourth-order valence-corrected chi connectivity index (χ4v) is 5.32. The minimum absolute atomic E-state index is 0.0704. The molecule has 0 fully saturated rings. The highest BCUT2D eigenvalue weighted by Gasteiger charge is 2.24. The highest BCUT2D eigenvalue weighted by molar-refractivity contribution is 8.00. The van der Waals surface area contributed by atoms with Crippen molar-refractivity contribution in [2.75, 3.05) is 17.2 Å². The summed E-state index contributed by atoms with van der Waals surface area (Å²) in [6, 6.07) is 14.3. The molecule has 180 valence electrons. The van der Waals surface area contributed by atoms with E-state index >= 15 is 0 Å². The average Bonchev–Trinajstić information content (AvgIpc) is 2.82. The number of hydrogen-bond acceptors (Lipinski definition) is 5. The summed E-state index contributed by atoms with van der Waals surface area (Å²) in [4.78, 5) is 12.1. The van der Waals surface area contributed by atoms with Crippen molar-refractivity contribution in [2.45, 2.75) is 30.0 Å². The summed E-state index contributed by atoms with van der Waals surface area (Å²) in [6.07, 6.45) is 0.244. The lowest BCUT2D eigenvalue weighted by molar-refractivity contribution is -0.140. The Kier molecular flexibility index (Phi) is 9.62. The van der Waals surface area contributed by atoms with E-state index in [-0.39, 0.29) is 18.1 Å². The molecule has 1 unspecified atom stereocenters. The summed E-state index contributed by atoms with van der Waals surface area (Å²) in [5.74, 6) is -0.896. The minimum Gasteiger partial charge on any atom is -0.469 e. The summed E-state index contributed by atoms with van der Waals surface area (Å²) in [7, 11) is 1.33. The number of thioether (sulfide) groups is 1. The zero-order valence-corrected chi connectivity index (χ0v) is 21.0. The lowest BCUT2D eigenvalue weighted by Crippen LogP contribution is -2.21. The molecule has 3 rings (SSSR count). The van der Waals surface area contributed by atoms with Gasteiger partial charge in [0.1, 0.15) is 17.5 Å². The number of methoxy groups -OCH3 is 1. The standard InChI is InChI=1S/C25H23ClF3NO2S2/c1-16(22-9-5-19(27)13-17(22)15-33-12-11-25(31)32-2)30(24-14-20(28)6-10-23(24)29)34-21-7-3-18(26)4-8-21/h3-10,13-14,16H,11-12,15H2,1-2H3. The molecule has 3 aromatic carbocycles. The van der Waals surface area contributed by atoms with E-state index in [9.17, 15) is 18.0 Å². The van der Waals surface area contributed by atoms with Crippen molar-refractivity contribution in [3.63, 3.8) is 0 Å². The monoisotopic (exact) mass is 525 g/mol. The first-order valence-electron chi connectivity index (χ1n) is 10.4. The summed E-state index contributed by atoms with van der Waals surface area (Å²) < 4.78 is 49.3. The van der Waals surface area contributed by atoms with E-state index in [0.717, 1.165) is 28.7 Å². The van der Waals surface area contributed by atoms with Gasteiger partial charge in [-0.2, -0.15) is 11.8 Å². The van der Waals surface area contributed by atoms with E-state index in [1.165, 1.54) is 43.0 Å². The van der Waals surface area contributed by atoms with Gasteiger partial charge in [-0.15, -0.1) is 0 Å². The third kappa shape index (κ3) is 7.10. The number of hydrogen-bond donors (Lipinski definition) is 0. The van der Waals surface area contributed by atoms with Gasteiger partial charge in [-0.1, -0.05) is 17.7 Å². The van der Waals surface area contributed by atoms with Crippen LogP contribution in [0.1, 0.15) is 30.5 Å². The average molecular weight is 526 g/mol. The molecular weight excluding hydrogens is 503 g/mol. The van der Waals surface area contributed by atoms with Crippen LogP contribution < -0.4 is 4.31 Å². The molecule has 0 radical (unpaired) electrons. The van der Waals surface area contributed by atoms with Crippen LogP contribution in [0.15, 0.2) is 65.6 Å². The van der Waals surface area contributed by atoms with Gasteiger partial charge < -0.3 is 9.04 Å². The number of esters is 1. The van der Waals surface area contributed by atoms with E-state index in [2.05, 4.69) is 4.74 Å². The topological polar surface area (TPSA) is 29.5 Å². The van der Waals surface area contributed by atoms with Gasteiger partial charge >= 0.3 is 5.97 Å². The van der Waals surface area contributed by atoms with Gasteiger partial charge in [-0.05, 0) is 78.5 Å². The van der Waals surface area contributed by atoms with Crippen molar-refractivity contribution in [3.05, 3.63) is 94.3 Å². The normalized spacial score (nSPS) is 11.8. The number of rotatable bonds is 10. The van der Waals surface area contributed by atoms with E-state index in [4.69, 9.17) is 11.6 Å². The number of nitrogens with zero attached hydrogens (tertiary/aromatic N) is 1. The molecular formula is C25H23ClF3NO2S2. The Morgan fingerprint density at radius 2 is 1.71 bits per heavy atom. The van der Waals surface area contributed by atoms with Crippen LogP contribution in [0.3, 0.4) is 0 Å². The molecule has 0 N–H and O–H groups in total. The summed E-state index contributed by atoms with van der Waals surface area (Å²) in [6.45, 7) is 1.85. The Bertz CT molecular complexity index is 1130. The Balaban J connectivity index is 1.93. The zero-order chi connectivity index (χ0) is 24.7. The van der Waals surface area contributed by atoms with Crippen molar-refractivity contribution in [1.82, 2.24) is 0 Å². The summed E-state index contributed by atoms with van der Waals surface area (Å²) in [5, 5.41) is 0.561. The maximum absolute atomic E-state index is 14.8. The van der Waals surface area contributed by atoms with Crippen LogP contribution in [-0.2, 0) is 15.3 Å². The minimum atomic E-state index is -0.578. The van der Waals surface area contributed by atoms with Crippen LogP contribution in [0.25, 0.3) is 0 Å². The SMILES string of the molecule is COC(=O)CCSCc1cc(F)ccc1C(C)N(Sc1ccc(Cl)cc1)c1cc(F)ccc1F. The number of benzene rings is 3. The summed E-state index contributed by atoms with van der Waals surface area (Å²) >= 11 is 8.69. The predicted octanol–water partition coefficient (Wildman–Crippen LogP) is 7.83. The fraction of sp³-hybridized carbons (Fsp3) is 0.240. The van der Waals surface area contributed by atoms with Crippen LogP contribution in [0.2, 0.25) is 5.02 Å². The third-order valence-electron chi connectivity index (χ3n) is 5.01. The number of anilines is 1. The maximum Gasteiger partial charge on any atom is 0.306 e. The number of ether oxygens (including phenoxy) is 1. The van der Waals surface area contributed by atoms with Crippen LogP contribution in [0.5, 0.6) is 0 Å². The predicted molar refractivity (Wildman–Crippen MR) is 134 cm³/mol. The van der Waals surface area contributed by atoms with Gasteiger partial charge in [0.15, 0.2) is 0 Å². The first-order valence-corrected chi connectivity index (χ1v) is 12.7. The van der Waals surface area contributed by atoms with E-state index in [1.54, 1.807) is 34.6 Å². The molecule has 0 spiro atoms. The number of carbonyl (C=O) groups excluding carboxylic acids is 1. The molecule has 0 aliphatic rings.